The van der Waals surface area contributed by atoms with E-state index < -0.39 is 17.8 Å². The van der Waals surface area contributed by atoms with E-state index in [1.54, 1.807) is 6.92 Å². The van der Waals surface area contributed by atoms with Gasteiger partial charge in [-0.1, -0.05) is 23.9 Å². The number of hydrogen-bond donors (Lipinski definition) is 2. The standard InChI is InChI=1S/C14H16N2O4S2/c1-2-16(20)12(17)7-9(13(18)19)8-21-14-15-10-5-3-4-6-11(10)22-14/h3-6,9,20H,2,7-8H2,1H3,(H,18,19). The number of nitrogens with zero attached hydrogens (tertiary/aromatic N) is 2. The van der Waals surface area contributed by atoms with Gasteiger partial charge in [-0.25, -0.2) is 10.0 Å². The van der Waals surface area contributed by atoms with Gasteiger partial charge in [0.15, 0.2) is 4.34 Å². The fourth-order valence-corrected chi connectivity index (χ4v) is 3.97. The molecule has 0 aliphatic heterocycles. The van der Waals surface area contributed by atoms with Crippen LogP contribution in [0.25, 0.3) is 10.2 Å². The molecule has 2 aromatic rings. The molecule has 0 bridgehead atoms. The molecule has 1 atom stereocenters. The minimum Gasteiger partial charge on any atom is -0.481 e. The van der Waals surface area contributed by atoms with Gasteiger partial charge in [0.1, 0.15) is 0 Å². The second-order valence-corrected chi connectivity index (χ2v) is 6.91. The normalized spacial score (nSPS) is 12.3. The smallest absolute Gasteiger partial charge is 0.307 e. The third-order valence-electron chi connectivity index (χ3n) is 3.04. The molecule has 2 N–H and O–H groups in total. The fourth-order valence-electron chi connectivity index (χ4n) is 1.79. The van der Waals surface area contributed by atoms with Gasteiger partial charge >= 0.3 is 5.97 Å². The van der Waals surface area contributed by atoms with Crippen molar-refractivity contribution in [1.29, 1.82) is 0 Å². The van der Waals surface area contributed by atoms with E-state index in [1.807, 2.05) is 24.3 Å². The topological polar surface area (TPSA) is 90.7 Å². The van der Waals surface area contributed by atoms with Crippen molar-refractivity contribution in [2.24, 2.45) is 5.92 Å². The molecular formula is C14H16N2O4S2. The highest BCUT2D eigenvalue weighted by atomic mass is 32.2. The number of aliphatic carboxylic acids is 1. The number of carboxylic acids is 1. The Morgan fingerprint density at radius 2 is 2.14 bits per heavy atom. The summed E-state index contributed by atoms with van der Waals surface area (Å²) in [7, 11) is 0. The van der Waals surface area contributed by atoms with Gasteiger partial charge in [-0.3, -0.25) is 14.8 Å². The Morgan fingerprint density at radius 1 is 1.41 bits per heavy atom. The van der Waals surface area contributed by atoms with Crippen molar-refractivity contribution in [3.05, 3.63) is 24.3 Å². The lowest BCUT2D eigenvalue weighted by atomic mass is 10.1. The van der Waals surface area contributed by atoms with E-state index in [-0.39, 0.29) is 18.7 Å². The van der Waals surface area contributed by atoms with Gasteiger partial charge in [-0.2, -0.15) is 0 Å². The average Bonchev–Trinajstić information content (AvgIpc) is 2.92. The first-order valence-corrected chi connectivity index (χ1v) is 8.52. The first-order chi connectivity index (χ1) is 10.5. The number of carbonyl (C=O) groups excluding carboxylic acids is 1. The van der Waals surface area contributed by atoms with E-state index in [9.17, 15) is 19.9 Å². The number of amides is 1. The van der Waals surface area contributed by atoms with Crippen molar-refractivity contribution in [3.63, 3.8) is 0 Å². The number of carboxylic acid groups (broad SMARTS) is 1. The average molecular weight is 340 g/mol. The number of hydroxylamine groups is 2. The third-order valence-corrected chi connectivity index (χ3v) is 5.38. The Hall–Kier alpha value is -1.64. The summed E-state index contributed by atoms with van der Waals surface area (Å²) < 4.78 is 1.82. The molecule has 1 amide bonds. The maximum atomic E-state index is 11.6. The Kier molecular flexibility index (Phi) is 5.76. The lowest BCUT2D eigenvalue weighted by molar-refractivity contribution is -0.167. The molecule has 2 rings (SSSR count). The first-order valence-electron chi connectivity index (χ1n) is 6.71. The van der Waals surface area contributed by atoms with Crippen molar-refractivity contribution in [1.82, 2.24) is 10.0 Å². The van der Waals surface area contributed by atoms with Crippen molar-refractivity contribution in [2.45, 2.75) is 17.7 Å². The molecule has 6 nitrogen and oxygen atoms in total. The first kappa shape index (κ1) is 16.7. The van der Waals surface area contributed by atoms with E-state index in [0.717, 1.165) is 14.6 Å². The van der Waals surface area contributed by atoms with Gasteiger partial charge in [0.25, 0.3) is 0 Å². The summed E-state index contributed by atoms with van der Waals surface area (Å²) in [5.41, 5.74) is 0.880. The zero-order valence-electron chi connectivity index (χ0n) is 11.9. The maximum Gasteiger partial charge on any atom is 0.307 e. The molecule has 22 heavy (non-hydrogen) atoms. The van der Waals surface area contributed by atoms with Crippen LogP contribution in [0.2, 0.25) is 0 Å². The van der Waals surface area contributed by atoms with E-state index >= 15 is 0 Å². The van der Waals surface area contributed by atoms with Crippen LogP contribution in [0.1, 0.15) is 13.3 Å². The number of fused-ring (bicyclic) bond motifs is 1. The highest BCUT2D eigenvalue weighted by Gasteiger charge is 2.24. The molecule has 118 valence electrons. The van der Waals surface area contributed by atoms with Gasteiger partial charge in [-0.15, -0.1) is 11.3 Å². The number of thioether (sulfide) groups is 1. The highest BCUT2D eigenvalue weighted by molar-refractivity contribution is 8.01. The molecule has 0 saturated heterocycles. The number of benzene rings is 1. The SMILES string of the molecule is CCN(O)C(=O)CC(CSc1nc2ccccc2s1)C(=O)O. The molecule has 1 unspecified atom stereocenters. The molecule has 1 aromatic carbocycles. The van der Waals surface area contributed by atoms with Crippen molar-refractivity contribution in [2.75, 3.05) is 12.3 Å². The lowest BCUT2D eigenvalue weighted by Crippen LogP contribution is -2.31. The molecular weight excluding hydrogens is 324 g/mol. The summed E-state index contributed by atoms with van der Waals surface area (Å²) >= 11 is 2.81. The van der Waals surface area contributed by atoms with Crippen LogP contribution in [0.15, 0.2) is 28.6 Å². The van der Waals surface area contributed by atoms with Gasteiger partial charge < -0.3 is 5.11 Å². The molecule has 0 fully saturated rings. The van der Waals surface area contributed by atoms with Crippen molar-refractivity contribution >= 4 is 45.2 Å². The van der Waals surface area contributed by atoms with Gasteiger partial charge in [0.2, 0.25) is 5.91 Å². The molecule has 0 aliphatic rings. The number of carbonyl (C=O) groups is 2. The largest absolute Gasteiger partial charge is 0.481 e. The number of thiazole rings is 1. The van der Waals surface area contributed by atoms with Crippen molar-refractivity contribution < 1.29 is 19.9 Å². The molecule has 0 saturated carbocycles. The van der Waals surface area contributed by atoms with Crippen LogP contribution in [0.4, 0.5) is 0 Å². The molecule has 8 heteroatoms. The van der Waals surface area contributed by atoms with Gasteiger partial charge in [0, 0.05) is 18.7 Å². The van der Waals surface area contributed by atoms with Gasteiger partial charge in [-0.05, 0) is 19.1 Å². The zero-order valence-corrected chi connectivity index (χ0v) is 13.6. The minimum absolute atomic E-state index is 0.135. The molecule has 0 spiro atoms. The van der Waals surface area contributed by atoms with Crippen LogP contribution in [-0.2, 0) is 9.59 Å². The van der Waals surface area contributed by atoms with E-state index in [0.29, 0.717) is 5.06 Å². The number of hydrogen-bond acceptors (Lipinski definition) is 6. The second kappa shape index (κ2) is 7.57. The number of para-hydroxylation sites is 1. The zero-order chi connectivity index (χ0) is 16.1. The summed E-state index contributed by atoms with van der Waals surface area (Å²) in [5, 5.41) is 19.1. The van der Waals surface area contributed by atoms with Crippen LogP contribution in [0.5, 0.6) is 0 Å². The Bertz CT molecular complexity index is 641. The minimum atomic E-state index is -1.05. The van der Waals surface area contributed by atoms with Crippen LogP contribution in [0.3, 0.4) is 0 Å². The molecule has 1 heterocycles. The number of aromatic nitrogens is 1. The summed E-state index contributed by atoms with van der Waals surface area (Å²) in [6.07, 6.45) is -0.225. The summed E-state index contributed by atoms with van der Waals surface area (Å²) in [5.74, 6) is -2.25. The summed E-state index contributed by atoms with van der Waals surface area (Å²) in [4.78, 5) is 27.3. The monoisotopic (exact) mass is 340 g/mol. The van der Waals surface area contributed by atoms with E-state index in [2.05, 4.69) is 4.98 Å². The second-order valence-electron chi connectivity index (χ2n) is 4.61. The predicted octanol–water partition coefficient (Wildman–Crippen LogP) is 2.72. The predicted molar refractivity (Wildman–Crippen MR) is 85.3 cm³/mol. The van der Waals surface area contributed by atoms with Gasteiger partial charge in [0.05, 0.1) is 16.1 Å². The van der Waals surface area contributed by atoms with Crippen LogP contribution in [0, 0.1) is 5.92 Å². The molecule has 0 radical (unpaired) electrons. The van der Waals surface area contributed by atoms with Crippen LogP contribution >= 0.6 is 23.1 Å². The van der Waals surface area contributed by atoms with E-state index in [1.165, 1.54) is 23.1 Å². The van der Waals surface area contributed by atoms with Crippen LogP contribution in [-0.4, -0.2) is 44.5 Å². The Balaban J connectivity index is 1.99. The lowest BCUT2D eigenvalue weighted by Gasteiger charge is -2.15. The third kappa shape index (κ3) is 4.19. The Morgan fingerprint density at radius 3 is 2.77 bits per heavy atom. The van der Waals surface area contributed by atoms with Crippen LogP contribution < -0.4 is 0 Å². The maximum absolute atomic E-state index is 11.6. The number of rotatable bonds is 7. The van der Waals surface area contributed by atoms with E-state index in [4.69, 9.17) is 0 Å². The summed E-state index contributed by atoms with van der Waals surface area (Å²) in [6, 6.07) is 7.68. The highest BCUT2D eigenvalue weighted by Crippen LogP contribution is 2.31. The van der Waals surface area contributed by atoms with Crippen molar-refractivity contribution in [3.8, 4) is 0 Å². The Labute approximate surface area is 135 Å². The molecule has 0 aliphatic carbocycles. The molecule has 1 aromatic heterocycles. The quantitative estimate of drug-likeness (QED) is 0.457. The fraction of sp³-hybridized carbons (Fsp3) is 0.357. The summed E-state index contributed by atoms with van der Waals surface area (Å²) in [6.45, 7) is 1.75.